The molecule has 1 aromatic carbocycles. The van der Waals surface area contributed by atoms with Crippen LogP contribution in [0.2, 0.25) is 0 Å². The van der Waals surface area contributed by atoms with Gasteiger partial charge in [0.05, 0.1) is 6.61 Å². The molecule has 1 heterocycles. The van der Waals surface area contributed by atoms with Gasteiger partial charge < -0.3 is 33.2 Å². The summed E-state index contributed by atoms with van der Waals surface area (Å²) in [5.41, 5.74) is 0.851. The lowest BCUT2D eigenvalue weighted by Gasteiger charge is -2.44. The Morgan fingerprint density at radius 2 is 1.35 bits per heavy atom. The monoisotopic (exact) mass is 524 g/mol. The molecule has 0 radical (unpaired) electrons. The van der Waals surface area contributed by atoms with Crippen LogP contribution in [-0.4, -0.2) is 73.8 Å². The first-order chi connectivity index (χ1) is 17.6. The summed E-state index contributed by atoms with van der Waals surface area (Å²) in [6.07, 6.45) is -6.02. The molecule has 1 fully saturated rings. The SMILES string of the molecule is CC(=O)OC[C@H]1O[C@@H](OCCCC(=O)OCc2ccccc2)[C@H](OC(C)=O)[C@@H](OC(C)=O)[C@@H]1OC(C)=O. The average molecular weight is 525 g/mol. The van der Waals surface area contributed by atoms with Crippen LogP contribution < -0.4 is 0 Å². The second-order valence-electron chi connectivity index (χ2n) is 8.19. The van der Waals surface area contributed by atoms with Crippen molar-refractivity contribution in [2.45, 2.75) is 77.8 Å². The number of hydrogen-bond donors (Lipinski definition) is 0. The van der Waals surface area contributed by atoms with Gasteiger partial charge in [-0.1, -0.05) is 30.3 Å². The van der Waals surface area contributed by atoms with Gasteiger partial charge in [0.1, 0.15) is 19.3 Å². The molecule has 0 aromatic heterocycles. The quantitative estimate of drug-likeness (QED) is 0.222. The van der Waals surface area contributed by atoms with Gasteiger partial charge in [0.15, 0.2) is 24.6 Å². The van der Waals surface area contributed by atoms with E-state index in [0.717, 1.165) is 26.3 Å². The van der Waals surface area contributed by atoms with Crippen LogP contribution in [0.3, 0.4) is 0 Å². The number of carbonyl (C=O) groups is 5. The topological polar surface area (TPSA) is 150 Å². The number of hydrogen-bond acceptors (Lipinski definition) is 12. The molecule has 1 aliphatic heterocycles. The van der Waals surface area contributed by atoms with E-state index >= 15 is 0 Å². The van der Waals surface area contributed by atoms with Crippen molar-refractivity contribution < 1.29 is 57.1 Å². The Balaban J connectivity index is 2.07. The van der Waals surface area contributed by atoms with Crippen LogP contribution in [0.5, 0.6) is 0 Å². The highest BCUT2D eigenvalue weighted by Crippen LogP contribution is 2.30. The fraction of sp³-hybridized carbons (Fsp3) is 0.560. The first-order valence-corrected chi connectivity index (χ1v) is 11.7. The molecule has 2 rings (SSSR count). The molecule has 0 spiro atoms. The molecule has 0 bridgehead atoms. The summed E-state index contributed by atoms with van der Waals surface area (Å²) in [5.74, 6) is -3.26. The molecule has 1 aliphatic rings. The maximum absolute atomic E-state index is 12.1. The largest absolute Gasteiger partial charge is 0.463 e. The van der Waals surface area contributed by atoms with Gasteiger partial charge in [-0.25, -0.2) is 0 Å². The second kappa shape index (κ2) is 14.9. The smallest absolute Gasteiger partial charge is 0.306 e. The second-order valence-corrected chi connectivity index (χ2v) is 8.19. The third-order valence-corrected chi connectivity index (χ3v) is 5.00. The Morgan fingerprint density at radius 1 is 0.757 bits per heavy atom. The number of benzene rings is 1. The summed E-state index contributed by atoms with van der Waals surface area (Å²) in [5, 5.41) is 0. The van der Waals surface area contributed by atoms with Crippen LogP contribution in [0.4, 0.5) is 0 Å². The van der Waals surface area contributed by atoms with E-state index in [1.54, 1.807) is 0 Å². The van der Waals surface area contributed by atoms with Gasteiger partial charge in [-0.3, -0.25) is 24.0 Å². The minimum absolute atomic E-state index is 0.0197. The Morgan fingerprint density at radius 3 is 1.95 bits per heavy atom. The first-order valence-electron chi connectivity index (χ1n) is 11.7. The van der Waals surface area contributed by atoms with Crippen LogP contribution in [0, 0.1) is 0 Å². The minimum atomic E-state index is -1.32. The molecule has 0 N–H and O–H groups in total. The summed E-state index contributed by atoms with van der Waals surface area (Å²) in [6.45, 7) is 4.34. The molecule has 5 atom stereocenters. The summed E-state index contributed by atoms with van der Waals surface area (Å²) in [6, 6.07) is 9.20. The van der Waals surface area contributed by atoms with Crippen molar-refractivity contribution in [1.82, 2.24) is 0 Å². The van der Waals surface area contributed by atoms with Gasteiger partial charge in [0, 0.05) is 34.1 Å². The molecular weight excluding hydrogens is 492 g/mol. The van der Waals surface area contributed by atoms with E-state index in [4.69, 9.17) is 33.2 Å². The predicted molar refractivity (Wildman–Crippen MR) is 123 cm³/mol. The lowest BCUT2D eigenvalue weighted by atomic mass is 9.98. The Kier molecular flexibility index (Phi) is 12.0. The number of ether oxygens (including phenoxy) is 7. The van der Waals surface area contributed by atoms with Crippen molar-refractivity contribution in [3.63, 3.8) is 0 Å². The highest BCUT2D eigenvalue weighted by molar-refractivity contribution is 5.69. The molecule has 0 aliphatic carbocycles. The highest BCUT2D eigenvalue weighted by atomic mass is 16.7. The first kappa shape index (κ1) is 29.7. The third kappa shape index (κ3) is 10.6. The number of carbonyl (C=O) groups excluding carboxylic acids is 5. The number of esters is 5. The zero-order chi connectivity index (χ0) is 27.4. The molecule has 0 amide bonds. The standard InChI is InChI=1S/C25H32O12/c1-15(26)32-14-20-22(34-16(2)27)23(35-17(3)28)24(36-18(4)29)25(37-20)31-12-8-11-21(30)33-13-19-9-6-5-7-10-19/h5-7,9-10,20,22-25H,8,11-14H2,1-4H3/t20-,22-,23+,24-,25-/m1/s1. The van der Waals surface area contributed by atoms with E-state index in [9.17, 15) is 24.0 Å². The van der Waals surface area contributed by atoms with Gasteiger partial charge in [-0.05, 0) is 12.0 Å². The summed E-state index contributed by atoms with van der Waals surface area (Å²) in [7, 11) is 0. The molecule has 37 heavy (non-hydrogen) atoms. The third-order valence-electron chi connectivity index (χ3n) is 5.00. The van der Waals surface area contributed by atoms with Crippen molar-refractivity contribution in [3.8, 4) is 0 Å². The zero-order valence-corrected chi connectivity index (χ0v) is 21.2. The van der Waals surface area contributed by atoms with E-state index in [1.165, 1.54) is 6.92 Å². The normalized spacial score (nSPS) is 22.9. The lowest BCUT2D eigenvalue weighted by Crippen LogP contribution is -2.63. The van der Waals surface area contributed by atoms with Gasteiger partial charge in [-0.2, -0.15) is 0 Å². The Bertz CT molecular complexity index is 931. The molecular formula is C25H32O12. The van der Waals surface area contributed by atoms with Crippen molar-refractivity contribution in [2.24, 2.45) is 0 Å². The Hall–Kier alpha value is -3.51. The molecule has 0 saturated carbocycles. The maximum Gasteiger partial charge on any atom is 0.306 e. The maximum atomic E-state index is 12.1. The summed E-state index contributed by atoms with van der Waals surface area (Å²) < 4.78 is 37.7. The molecule has 12 nitrogen and oxygen atoms in total. The fourth-order valence-corrected chi connectivity index (χ4v) is 3.55. The van der Waals surface area contributed by atoms with E-state index in [-0.39, 0.29) is 32.7 Å². The van der Waals surface area contributed by atoms with E-state index < -0.39 is 60.6 Å². The van der Waals surface area contributed by atoms with E-state index in [0.29, 0.717) is 0 Å². The van der Waals surface area contributed by atoms with Gasteiger partial charge >= 0.3 is 29.8 Å². The van der Waals surface area contributed by atoms with Crippen LogP contribution in [0.25, 0.3) is 0 Å². The van der Waals surface area contributed by atoms with Crippen molar-refractivity contribution in [1.29, 1.82) is 0 Å². The predicted octanol–water partition coefficient (Wildman–Crippen LogP) is 1.61. The highest BCUT2D eigenvalue weighted by Gasteiger charge is 2.52. The van der Waals surface area contributed by atoms with Crippen molar-refractivity contribution in [2.75, 3.05) is 13.2 Å². The van der Waals surface area contributed by atoms with Crippen molar-refractivity contribution >= 4 is 29.8 Å². The average Bonchev–Trinajstić information content (AvgIpc) is 2.82. The number of rotatable bonds is 12. The van der Waals surface area contributed by atoms with Crippen LogP contribution in [0.15, 0.2) is 30.3 Å². The minimum Gasteiger partial charge on any atom is -0.463 e. The van der Waals surface area contributed by atoms with E-state index in [1.807, 2.05) is 30.3 Å². The van der Waals surface area contributed by atoms with Crippen molar-refractivity contribution in [3.05, 3.63) is 35.9 Å². The molecule has 1 saturated heterocycles. The van der Waals surface area contributed by atoms with Crippen LogP contribution >= 0.6 is 0 Å². The Labute approximate surface area is 214 Å². The summed E-state index contributed by atoms with van der Waals surface area (Å²) >= 11 is 0. The summed E-state index contributed by atoms with van der Waals surface area (Å²) in [4.78, 5) is 58.8. The van der Waals surface area contributed by atoms with E-state index in [2.05, 4.69) is 0 Å². The lowest BCUT2D eigenvalue weighted by molar-refractivity contribution is -0.308. The molecule has 204 valence electrons. The molecule has 1 aromatic rings. The van der Waals surface area contributed by atoms with Gasteiger partial charge in [0.25, 0.3) is 0 Å². The zero-order valence-electron chi connectivity index (χ0n) is 21.2. The molecule has 0 unspecified atom stereocenters. The van der Waals surface area contributed by atoms with Gasteiger partial charge in [0.2, 0.25) is 0 Å². The van der Waals surface area contributed by atoms with Crippen LogP contribution in [0.1, 0.15) is 46.1 Å². The van der Waals surface area contributed by atoms with Gasteiger partial charge in [-0.15, -0.1) is 0 Å². The fourth-order valence-electron chi connectivity index (χ4n) is 3.55. The molecule has 12 heteroatoms. The van der Waals surface area contributed by atoms with Crippen LogP contribution in [-0.2, 0) is 63.7 Å².